The molecule has 0 bridgehead atoms. The van der Waals surface area contributed by atoms with E-state index in [-0.39, 0.29) is 0 Å². The maximum absolute atomic E-state index is 2.46. The first-order valence-electron chi connectivity index (χ1n) is 15.9. The van der Waals surface area contributed by atoms with Gasteiger partial charge in [-0.25, -0.2) is 0 Å². The van der Waals surface area contributed by atoms with Gasteiger partial charge in [-0.05, 0) is 119 Å². The molecule has 0 radical (unpaired) electrons. The molecule has 0 saturated heterocycles. The van der Waals surface area contributed by atoms with Crippen molar-refractivity contribution in [1.29, 1.82) is 0 Å². The zero-order valence-electron chi connectivity index (χ0n) is 24.7. The Kier molecular flexibility index (Phi) is 5.87. The molecule has 0 aromatic heterocycles. The van der Waals surface area contributed by atoms with Crippen LogP contribution in [0.4, 0.5) is 0 Å². The van der Waals surface area contributed by atoms with Crippen LogP contribution < -0.4 is 0 Å². The van der Waals surface area contributed by atoms with Crippen LogP contribution in [0.5, 0.6) is 0 Å². The molecule has 0 spiro atoms. The fourth-order valence-corrected chi connectivity index (χ4v) is 7.86. The minimum Gasteiger partial charge on any atom is -0.0616 e. The highest BCUT2D eigenvalue weighted by molar-refractivity contribution is 6.24. The van der Waals surface area contributed by atoms with Gasteiger partial charge in [0.2, 0.25) is 0 Å². The molecule has 0 nitrogen and oxygen atoms in total. The number of hydrogen-bond donors (Lipinski definition) is 0. The van der Waals surface area contributed by atoms with E-state index < -0.39 is 0 Å². The van der Waals surface area contributed by atoms with E-state index in [1.54, 1.807) is 5.56 Å². The van der Waals surface area contributed by atoms with Crippen molar-refractivity contribution in [1.82, 2.24) is 0 Å². The van der Waals surface area contributed by atoms with Gasteiger partial charge in [0.05, 0.1) is 0 Å². The van der Waals surface area contributed by atoms with Gasteiger partial charge >= 0.3 is 0 Å². The third kappa shape index (κ3) is 3.91. The molecule has 1 aliphatic carbocycles. The monoisotopic (exact) mass is 560 g/mol. The summed E-state index contributed by atoms with van der Waals surface area (Å²) in [6, 6.07) is 54.3. The summed E-state index contributed by atoms with van der Waals surface area (Å²) in [5.41, 5.74) is 11.0. The lowest BCUT2D eigenvalue weighted by atomic mass is 9.78. The Hall–Kier alpha value is -5.20. The van der Waals surface area contributed by atoms with E-state index in [1.165, 1.54) is 101 Å². The van der Waals surface area contributed by atoms with Crippen LogP contribution in [0, 0.1) is 0 Å². The quantitative estimate of drug-likeness (QED) is 0.189. The van der Waals surface area contributed by atoms with E-state index in [0.717, 1.165) is 6.42 Å². The minimum atomic E-state index is 1.14. The highest BCUT2D eigenvalue weighted by atomic mass is 14.3. The van der Waals surface area contributed by atoms with Crippen LogP contribution in [0.15, 0.2) is 146 Å². The molecule has 0 saturated carbocycles. The van der Waals surface area contributed by atoms with Crippen molar-refractivity contribution in [3.8, 4) is 33.4 Å². The minimum absolute atomic E-state index is 1.14. The van der Waals surface area contributed by atoms with Crippen LogP contribution >= 0.6 is 0 Å². The summed E-state index contributed by atoms with van der Waals surface area (Å²) in [4.78, 5) is 0. The van der Waals surface area contributed by atoms with E-state index in [4.69, 9.17) is 0 Å². The summed E-state index contributed by atoms with van der Waals surface area (Å²) in [7, 11) is 0. The fraction of sp³-hybridized carbons (Fsp3) is 0.0909. The summed E-state index contributed by atoms with van der Waals surface area (Å²) >= 11 is 0. The predicted molar refractivity (Wildman–Crippen MR) is 189 cm³/mol. The van der Waals surface area contributed by atoms with E-state index in [2.05, 4.69) is 146 Å². The number of hydrogen-bond acceptors (Lipinski definition) is 0. The molecule has 0 amide bonds. The first-order chi connectivity index (χ1) is 21.8. The van der Waals surface area contributed by atoms with Crippen LogP contribution in [0.3, 0.4) is 0 Å². The molecular weight excluding hydrogens is 528 g/mol. The van der Waals surface area contributed by atoms with Crippen LogP contribution in [0.25, 0.3) is 76.5 Å². The van der Waals surface area contributed by atoms with Gasteiger partial charge in [-0.1, -0.05) is 140 Å². The Morgan fingerprint density at radius 2 is 0.886 bits per heavy atom. The second kappa shape index (κ2) is 10.2. The van der Waals surface area contributed by atoms with Gasteiger partial charge in [-0.3, -0.25) is 0 Å². The van der Waals surface area contributed by atoms with Gasteiger partial charge in [0.15, 0.2) is 0 Å². The van der Waals surface area contributed by atoms with Crippen LogP contribution in [-0.4, -0.2) is 0 Å². The molecule has 0 N–H and O–H groups in total. The van der Waals surface area contributed by atoms with Gasteiger partial charge < -0.3 is 0 Å². The molecule has 44 heavy (non-hydrogen) atoms. The SMILES string of the molecule is c1ccc(-c2c3ccccc3c(-c3c4c(cc5ccccc35)CCCC4)c3ccccc23)c(-c2ccc3ccccc3c2)c1. The van der Waals surface area contributed by atoms with E-state index in [1.807, 2.05) is 0 Å². The third-order valence-electron chi connectivity index (χ3n) is 9.81. The summed E-state index contributed by atoms with van der Waals surface area (Å²) < 4.78 is 0. The Bertz CT molecular complexity index is 2330. The fourth-order valence-electron chi connectivity index (χ4n) is 7.86. The van der Waals surface area contributed by atoms with Gasteiger partial charge in [-0.2, -0.15) is 0 Å². The molecule has 8 aromatic carbocycles. The molecule has 8 aromatic rings. The average molecular weight is 561 g/mol. The highest BCUT2D eigenvalue weighted by Gasteiger charge is 2.24. The Morgan fingerprint density at radius 1 is 0.341 bits per heavy atom. The van der Waals surface area contributed by atoms with Gasteiger partial charge in [0.1, 0.15) is 0 Å². The van der Waals surface area contributed by atoms with E-state index in [9.17, 15) is 0 Å². The smallest absolute Gasteiger partial charge is 0.00173 e. The first kappa shape index (κ1) is 25.3. The Balaban J connectivity index is 1.41. The predicted octanol–water partition coefficient (Wildman–Crippen LogP) is 12.2. The molecule has 0 unspecified atom stereocenters. The number of fused-ring (bicyclic) bond motifs is 5. The molecule has 208 valence electrons. The van der Waals surface area contributed by atoms with Gasteiger partial charge in [0, 0.05) is 0 Å². The molecule has 0 heterocycles. The van der Waals surface area contributed by atoms with Crippen LogP contribution in [0.1, 0.15) is 24.0 Å². The molecule has 0 heteroatoms. The number of benzene rings is 8. The molecule has 0 fully saturated rings. The zero-order chi connectivity index (χ0) is 29.0. The Morgan fingerprint density at radius 3 is 1.61 bits per heavy atom. The normalized spacial score (nSPS) is 13.1. The maximum atomic E-state index is 2.46. The van der Waals surface area contributed by atoms with Crippen molar-refractivity contribution in [2.75, 3.05) is 0 Å². The third-order valence-corrected chi connectivity index (χ3v) is 9.81. The molecule has 0 atom stereocenters. The summed E-state index contributed by atoms with van der Waals surface area (Å²) in [5.74, 6) is 0. The number of aryl methyl sites for hydroxylation is 1. The topological polar surface area (TPSA) is 0 Å². The standard InChI is InChI=1S/C44H32/c1-2-14-30-27-33(26-25-29(30)13-1)34-17-7-8-20-37(34)42-38-21-9-11-23-40(38)44(41-24-12-10-22-39(41)42)43-35-18-5-3-15-31(35)28-32-16-4-6-19-36(32)43/h1-3,5,7-15,17-18,20-28H,4,6,16,19H2. The number of rotatable bonds is 3. The largest absolute Gasteiger partial charge is 0.0616 e. The van der Waals surface area contributed by atoms with Crippen molar-refractivity contribution in [2.45, 2.75) is 25.7 Å². The van der Waals surface area contributed by atoms with Crippen LogP contribution in [0.2, 0.25) is 0 Å². The Labute approximate surface area is 258 Å². The van der Waals surface area contributed by atoms with E-state index >= 15 is 0 Å². The molecule has 1 aliphatic rings. The van der Waals surface area contributed by atoms with Crippen LogP contribution in [-0.2, 0) is 12.8 Å². The second-order valence-electron chi connectivity index (χ2n) is 12.3. The average Bonchev–Trinajstić information content (AvgIpc) is 3.09. The van der Waals surface area contributed by atoms with Gasteiger partial charge in [-0.15, -0.1) is 0 Å². The van der Waals surface area contributed by atoms with E-state index in [0.29, 0.717) is 0 Å². The van der Waals surface area contributed by atoms with Crippen molar-refractivity contribution < 1.29 is 0 Å². The summed E-state index contributed by atoms with van der Waals surface area (Å²) in [5, 5.41) is 10.5. The van der Waals surface area contributed by atoms with Crippen molar-refractivity contribution in [3.05, 3.63) is 157 Å². The second-order valence-corrected chi connectivity index (χ2v) is 12.3. The highest BCUT2D eigenvalue weighted by Crippen LogP contribution is 2.49. The van der Waals surface area contributed by atoms with Crippen molar-refractivity contribution in [3.63, 3.8) is 0 Å². The van der Waals surface area contributed by atoms with Gasteiger partial charge in [0.25, 0.3) is 0 Å². The summed E-state index contributed by atoms with van der Waals surface area (Å²) in [6.07, 6.45) is 4.84. The lowest BCUT2D eigenvalue weighted by Gasteiger charge is -2.25. The van der Waals surface area contributed by atoms with Crippen molar-refractivity contribution >= 4 is 43.1 Å². The zero-order valence-corrected chi connectivity index (χ0v) is 24.7. The maximum Gasteiger partial charge on any atom is -0.00173 e. The molecular formula is C44H32. The molecule has 9 rings (SSSR count). The lowest BCUT2D eigenvalue weighted by Crippen LogP contribution is -2.06. The summed E-state index contributed by atoms with van der Waals surface area (Å²) in [6.45, 7) is 0. The molecule has 0 aliphatic heterocycles. The lowest BCUT2D eigenvalue weighted by molar-refractivity contribution is 0.688. The first-order valence-corrected chi connectivity index (χ1v) is 15.9. The van der Waals surface area contributed by atoms with Crippen molar-refractivity contribution in [2.24, 2.45) is 0 Å².